The van der Waals surface area contributed by atoms with Crippen LogP contribution in [0.2, 0.25) is 0 Å². The van der Waals surface area contributed by atoms with Crippen LogP contribution in [0, 0.1) is 0 Å². The summed E-state index contributed by atoms with van der Waals surface area (Å²) in [5, 5.41) is 14.1. The van der Waals surface area contributed by atoms with Crippen molar-refractivity contribution in [3.8, 4) is 0 Å². The van der Waals surface area contributed by atoms with Gasteiger partial charge in [0.1, 0.15) is 0 Å². The molecule has 1 aliphatic heterocycles. The monoisotopic (exact) mass is 372 g/mol. The first-order valence-electron chi connectivity index (χ1n) is 8.42. The number of fused-ring (bicyclic) bond motifs is 1. The van der Waals surface area contributed by atoms with E-state index in [0.29, 0.717) is 10.1 Å². The number of pyridine rings is 1. The van der Waals surface area contributed by atoms with Crippen molar-refractivity contribution in [1.82, 2.24) is 10.3 Å². The summed E-state index contributed by atoms with van der Waals surface area (Å²) in [4.78, 5) is 16.7. The molecule has 0 bridgehead atoms. The highest BCUT2D eigenvalue weighted by Crippen LogP contribution is 2.26. The van der Waals surface area contributed by atoms with Crippen LogP contribution in [-0.2, 0) is 4.79 Å². The van der Waals surface area contributed by atoms with Crippen LogP contribution in [0.3, 0.4) is 0 Å². The summed E-state index contributed by atoms with van der Waals surface area (Å²) in [6, 6.07) is 18.0. The van der Waals surface area contributed by atoms with E-state index in [1.807, 2.05) is 49.4 Å². The first kappa shape index (κ1) is 17.2. The number of aromatic nitrogens is 1. The molecule has 4 rings (SSSR count). The number of nitrogens with zero attached hydrogens (tertiary/aromatic N) is 3. The highest BCUT2D eigenvalue weighted by Gasteiger charge is 2.23. The summed E-state index contributed by atoms with van der Waals surface area (Å²) in [6.45, 7) is 1.92. The molecule has 0 atom stereocenters. The molecule has 1 saturated heterocycles. The Morgan fingerprint density at radius 3 is 2.70 bits per heavy atom. The molecule has 1 N–H and O–H groups in total. The maximum atomic E-state index is 12.1. The van der Waals surface area contributed by atoms with Gasteiger partial charge in [0.2, 0.25) is 0 Å². The van der Waals surface area contributed by atoms with Crippen molar-refractivity contribution >= 4 is 45.4 Å². The van der Waals surface area contributed by atoms with Gasteiger partial charge in [0.15, 0.2) is 5.17 Å². The van der Waals surface area contributed by atoms with E-state index in [9.17, 15) is 4.79 Å². The number of amides is 1. The molecule has 2 aromatic carbocycles. The third kappa shape index (κ3) is 3.80. The molecule has 1 fully saturated rings. The summed E-state index contributed by atoms with van der Waals surface area (Å²) in [7, 11) is 0. The minimum Gasteiger partial charge on any atom is -0.299 e. The lowest BCUT2D eigenvalue weighted by Gasteiger charge is -2.04. The van der Waals surface area contributed by atoms with Crippen molar-refractivity contribution in [3.05, 3.63) is 83.0 Å². The summed E-state index contributed by atoms with van der Waals surface area (Å²) < 4.78 is 0. The summed E-state index contributed by atoms with van der Waals surface area (Å²) in [5.41, 5.74) is 2.74. The fourth-order valence-corrected chi connectivity index (χ4v) is 3.57. The number of rotatable bonds is 3. The zero-order chi connectivity index (χ0) is 18.6. The molecule has 27 heavy (non-hydrogen) atoms. The van der Waals surface area contributed by atoms with Crippen LogP contribution < -0.4 is 5.32 Å². The van der Waals surface area contributed by atoms with E-state index in [1.165, 1.54) is 11.8 Å². The zero-order valence-electron chi connectivity index (χ0n) is 14.6. The molecule has 2 heterocycles. The SMILES string of the molecule is C/C(=N/N=C1\NC(=O)/C(=C\c2ccncc2)S1)c1cccc2ccccc12. The first-order valence-corrected chi connectivity index (χ1v) is 9.24. The number of carbonyl (C=O) groups excluding carboxylic acids is 1. The van der Waals surface area contributed by atoms with Gasteiger partial charge >= 0.3 is 0 Å². The minimum absolute atomic E-state index is 0.173. The van der Waals surface area contributed by atoms with Crippen LogP contribution >= 0.6 is 11.8 Å². The van der Waals surface area contributed by atoms with Gasteiger partial charge < -0.3 is 0 Å². The highest BCUT2D eigenvalue weighted by atomic mass is 32.2. The van der Waals surface area contributed by atoms with E-state index in [2.05, 4.69) is 38.7 Å². The Balaban J connectivity index is 1.59. The van der Waals surface area contributed by atoms with Gasteiger partial charge in [-0.3, -0.25) is 15.1 Å². The maximum Gasteiger partial charge on any atom is 0.264 e. The average Bonchev–Trinajstić information content (AvgIpc) is 3.06. The molecule has 0 spiro atoms. The van der Waals surface area contributed by atoms with E-state index in [1.54, 1.807) is 12.4 Å². The Hall–Kier alpha value is -3.25. The Morgan fingerprint density at radius 1 is 1.07 bits per heavy atom. The van der Waals surface area contributed by atoms with Crippen LogP contribution in [0.15, 0.2) is 82.1 Å². The predicted octanol–water partition coefficient (Wildman–Crippen LogP) is 4.22. The second kappa shape index (κ2) is 7.55. The van der Waals surface area contributed by atoms with Gasteiger partial charge in [-0.1, -0.05) is 42.5 Å². The lowest BCUT2D eigenvalue weighted by molar-refractivity contribution is -0.115. The lowest BCUT2D eigenvalue weighted by atomic mass is 10.0. The number of nitrogens with one attached hydrogen (secondary N) is 1. The third-order valence-electron chi connectivity index (χ3n) is 4.13. The smallest absolute Gasteiger partial charge is 0.264 e. The van der Waals surface area contributed by atoms with Crippen molar-refractivity contribution in [2.45, 2.75) is 6.92 Å². The van der Waals surface area contributed by atoms with Crippen LogP contribution in [0.4, 0.5) is 0 Å². The fourth-order valence-electron chi connectivity index (χ4n) is 2.80. The average molecular weight is 372 g/mol. The molecule has 0 unspecified atom stereocenters. The molecule has 132 valence electrons. The van der Waals surface area contributed by atoms with Gasteiger partial charge in [-0.15, -0.1) is 5.10 Å². The largest absolute Gasteiger partial charge is 0.299 e. The van der Waals surface area contributed by atoms with Crippen LogP contribution in [-0.4, -0.2) is 21.8 Å². The first-order chi connectivity index (χ1) is 13.2. The Labute approximate surface area is 160 Å². The van der Waals surface area contributed by atoms with E-state index >= 15 is 0 Å². The van der Waals surface area contributed by atoms with Crippen LogP contribution in [0.25, 0.3) is 16.8 Å². The van der Waals surface area contributed by atoms with E-state index in [-0.39, 0.29) is 5.91 Å². The molecule has 0 radical (unpaired) electrons. The second-order valence-electron chi connectivity index (χ2n) is 5.96. The molecule has 0 saturated carbocycles. The third-order valence-corrected chi connectivity index (χ3v) is 5.03. The van der Waals surface area contributed by atoms with Gasteiger partial charge in [-0.2, -0.15) is 5.10 Å². The van der Waals surface area contributed by atoms with Gasteiger partial charge in [0, 0.05) is 18.0 Å². The summed E-state index contributed by atoms with van der Waals surface area (Å²) in [5.74, 6) is -0.173. The Kier molecular flexibility index (Phi) is 4.80. The highest BCUT2D eigenvalue weighted by molar-refractivity contribution is 8.18. The summed E-state index contributed by atoms with van der Waals surface area (Å²) >= 11 is 1.28. The number of hydrogen-bond acceptors (Lipinski definition) is 5. The van der Waals surface area contributed by atoms with Crippen molar-refractivity contribution < 1.29 is 4.79 Å². The van der Waals surface area contributed by atoms with Gasteiger partial charge in [-0.05, 0) is 53.2 Å². The molecule has 0 aliphatic carbocycles. The van der Waals surface area contributed by atoms with Crippen molar-refractivity contribution in [2.24, 2.45) is 10.2 Å². The maximum absolute atomic E-state index is 12.1. The molecule has 1 aliphatic rings. The summed E-state index contributed by atoms with van der Waals surface area (Å²) in [6.07, 6.45) is 5.19. The van der Waals surface area contributed by atoms with Gasteiger partial charge in [-0.25, -0.2) is 0 Å². The number of amidine groups is 1. The lowest BCUT2D eigenvalue weighted by Crippen LogP contribution is -2.19. The van der Waals surface area contributed by atoms with E-state index < -0.39 is 0 Å². The standard InChI is InChI=1S/C21H16N4OS/c1-14(17-8-4-6-16-5-2-3-7-18(16)17)24-25-21-23-20(26)19(27-21)13-15-9-11-22-12-10-15/h2-13H,1H3,(H,23,25,26)/b19-13+,24-14-. The second-order valence-corrected chi connectivity index (χ2v) is 6.99. The Bertz CT molecular complexity index is 1100. The number of hydrogen-bond donors (Lipinski definition) is 1. The molecular weight excluding hydrogens is 356 g/mol. The molecule has 1 aromatic heterocycles. The Morgan fingerprint density at radius 2 is 1.85 bits per heavy atom. The number of carbonyl (C=O) groups is 1. The quantitative estimate of drug-likeness (QED) is 0.425. The minimum atomic E-state index is -0.173. The molecule has 5 nitrogen and oxygen atoms in total. The van der Waals surface area contributed by atoms with Crippen molar-refractivity contribution in [1.29, 1.82) is 0 Å². The normalized spacial score (nSPS) is 17.7. The van der Waals surface area contributed by atoms with E-state index in [0.717, 1.165) is 27.6 Å². The van der Waals surface area contributed by atoms with Crippen molar-refractivity contribution in [2.75, 3.05) is 0 Å². The molecule has 6 heteroatoms. The van der Waals surface area contributed by atoms with Crippen molar-refractivity contribution in [3.63, 3.8) is 0 Å². The van der Waals surface area contributed by atoms with Crippen LogP contribution in [0.5, 0.6) is 0 Å². The fraction of sp³-hybridized carbons (Fsp3) is 0.0476. The van der Waals surface area contributed by atoms with Crippen LogP contribution in [0.1, 0.15) is 18.1 Å². The molecule has 1 amide bonds. The molecule has 3 aromatic rings. The van der Waals surface area contributed by atoms with E-state index in [4.69, 9.17) is 0 Å². The number of benzene rings is 2. The zero-order valence-corrected chi connectivity index (χ0v) is 15.4. The van der Waals surface area contributed by atoms with Gasteiger partial charge in [0.25, 0.3) is 5.91 Å². The topological polar surface area (TPSA) is 66.7 Å². The predicted molar refractivity (Wildman–Crippen MR) is 112 cm³/mol. The van der Waals surface area contributed by atoms with Gasteiger partial charge in [0.05, 0.1) is 10.6 Å². The number of thioether (sulfide) groups is 1. The molecular formula is C21H16N4OS.